The lowest BCUT2D eigenvalue weighted by Gasteiger charge is -2.25. The quantitative estimate of drug-likeness (QED) is 0.654. The van der Waals surface area contributed by atoms with Gasteiger partial charge >= 0.3 is 6.18 Å². The van der Waals surface area contributed by atoms with Crippen LogP contribution in [0.1, 0.15) is 45.7 Å². The molecule has 32 heavy (non-hydrogen) atoms. The number of rotatable bonds is 7. The Morgan fingerprint density at radius 1 is 1.41 bits per heavy atom. The van der Waals surface area contributed by atoms with Crippen LogP contribution < -0.4 is 10.1 Å². The molecule has 1 atom stereocenters. The van der Waals surface area contributed by atoms with Gasteiger partial charge in [0, 0.05) is 35.6 Å². The maximum atomic E-state index is 13.0. The molecule has 0 spiro atoms. The summed E-state index contributed by atoms with van der Waals surface area (Å²) in [5.74, 6) is -0.742. The summed E-state index contributed by atoms with van der Waals surface area (Å²) < 4.78 is 41.9. The zero-order valence-electron chi connectivity index (χ0n) is 17.4. The maximum Gasteiger partial charge on any atom is 0.422 e. The number of aryl methyl sites for hydroxylation is 1. The second-order valence-electron chi connectivity index (χ2n) is 7.30. The van der Waals surface area contributed by atoms with E-state index in [4.69, 9.17) is 10.00 Å². The van der Waals surface area contributed by atoms with Crippen LogP contribution in [0.25, 0.3) is 0 Å². The molecule has 1 aliphatic rings. The van der Waals surface area contributed by atoms with Gasteiger partial charge in [0.1, 0.15) is 6.54 Å². The molecule has 0 fully saturated rings. The second-order valence-corrected chi connectivity index (χ2v) is 7.30. The Labute approximate surface area is 182 Å². The highest BCUT2D eigenvalue weighted by Gasteiger charge is 2.34. The first-order valence-corrected chi connectivity index (χ1v) is 9.68. The van der Waals surface area contributed by atoms with E-state index in [1.807, 2.05) is 6.07 Å². The Kier molecular flexibility index (Phi) is 6.62. The van der Waals surface area contributed by atoms with E-state index in [0.717, 1.165) is 0 Å². The summed E-state index contributed by atoms with van der Waals surface area (Å²) in [5, 5.41) is 11.0. The number of carbonyl (C=O) groups excluding carboxylic acids is 2. The van der Waals surface area contributed by atoms with Gasteiger partial charge in [-0.15, -0.1) is 0 Å². The van der Waals surface area contributed by atoms with Crippen molar-refractivity contribution in [1.29, 1.82) is 5.26 Å². The number of carbonyl (C=O) groups is 2. The Morgan fingerprint density at radius 3 is 2.81 bits per heavy atom. The van der Waals surface area contributed by atoms with Crippen LogP contribution in [0.4, 0.5) is 13.2 Å². The summed E-state index contributed by atoms with van der Waals surface area (Å²) in [4.78, 5) is 34.7. The number of pyridine rings is 2. The normalized spacial score (nSPS) is 14.0. The van der Waals surface area contributed by atoms with E-state index in [2.05, 4.69) is 15.3 Å². The largest absolute Gasteiger partial charge is 0.468 e. The van der Waals surface area contributed by atoms with Gasteiger partial charge in [-0.3, -0.25) is 14.6 Å². The molecule has 2 aromatic rings. The number of fused-ring (bicyclic) bond motifs is 1. The number of ether oxygens (including phenoxy) is 1. The minimum atomic E-state index is -4.47. The monoisotopic (exact) mass is 447 g/mol. The molecule has 0 saturated heterocycles. The third-order valence-electron chi connectivity index (χ3n) is 5.03. The van der Waals surface area contributed by atoms with Gasteiger partial charge < -0.3 is 15.0 Å². The first-order valence-electron chi connectivity index (χ1n) is 9.68. The van der Waals surface area contributed by atoms with Crippen molar-refractivity contribution in [2.24, 2.45) is 0 Å². The molecule has 1 N–H and O–H groups in total. The number of aromatic nitrogens is 2. The fourth-order valence-electron chi connectivity index (χ4n) is 3.42. The van der Waals surface area contributed by atoms with Crippen LogP contribution in [0.2, 0.25) is 0 Å². The van der Waals surface area contributed by atoms with E-state index >= 15 is 0 Å². The molecule has 11 heteroatoms. The van der Waals surface area contributed by atoms with Gasteiger partial charge in [-0.1, -0.05) is 0 Å². The number of alkyl halides is 3. The highest BCUT2D eigenvalue weighted by molar-refractivity contribution is 5.99. The number of hydrogen-bond acceptors (Lipinski definition) is 6. The van der Waals surface area contributed by atoms with E-state index in [9.17, 15) is 22.8 Å². The molecule has 3 rings (SSSR count). The molecule has 2 aromatic heterocycles. The SMILES string of the molecule is Cc1cc(C(C)N2Cc3c(ccnc3CC(=O)NCC#N)C2=O)cnc1OCC(F)(F)F. The van der Waals surface area contributed by atoms with Crippen molar-refractivity contribution in [2.45, 2.75) is 39.0 Å². The molecule has 0 radical (unpaired) electrons. The lowest BCUT2D eigenvalue weighted by Crippen LogP contribution is -2.28. The van der Waals surface area contributed by atoms with E-state index in [1.54, 1.807) is 30.9 Å². The van der Waals surface area contributed by atoms with E-state index in [1.165, 1.54) is 12.4 Å². The highest BCUT2D eigenvalue weighted by atomic mass is 19.4. The highest BCUT2D eigenvalue weighted by Crippen LogP contribution is 2.33. The Morgan fingerprint density at radius 2 is 2.16 bits per heavy atom. The van der Waals surface area contributed by atoms with E-state index < -0.39 is 18.8 Å². The first-order chi connectivity index (χ1) is 15.1. The predicted octanol–water partition coefficient (Wildman–Crippen LogP) is 2.63. The van der Waals surface area contributed by atoms with Crippen molar-refractivity contribution in [1.82, 2.24) is 20.2 Å². The third kappa shape index (κ3) is 5.14. The summed E-state index contributed by atoms with van der Waals surface area (Å²) in [6.45, 7) is 2.02. The molecular weight excluding hydrogens is 427 g/mol. The molecule has 8 nitrogen and oxygen atoms in total. The number of hydrogen-bond donors (Lipinski definition) is 1. The lowest BCUT2D eigenvalue weighted by molar-refractivity contribution is -0.154. The van der Waals surface area contributed by atoms with Crippen LogP contribution in [0, 0.1) is 18.3 Å². The number of nitrogens with one attached hydrogen (secondary N) is 1. The topological polar surface area (TPSA) is 108 Å². The summed E-state index contributed by atoms with van der Waals surface area (Å²) >= 11 is 0. The van der Waals surface area contributed by atoms with Crippen LogP contribution in [-0.4, -0.2) is 46.0 Å². The van der Waals surface area contributed by atoms with Crippen molar-refractivity contribution in [3.63, 3.8) is 0 Å². The molecule has 3 heterocycles. The van der Waals surface area contributed by atoms with Gasteiger partial charge in [-0.05, 0) is 31.5 Å². The zero-order valence-corrected chi connectivity index (χ0v) is 17.4. The summed E-state index contributed by atoms with van der Waals surface area (Å²) in [6.07, 6.45) is -1.69. The lowest BCUT2D eigenvalue weighted by atomic mass is 10.1. The van der Waals surface area contributed by atoms with Crippen LogP contribution in [0.3, 0.4) is 0 Å². The van der Waals surface area contributed by atoms with Crippen LogP contribution in [-0.2, 0) is 17.8 Å². The van der Waals surface area contributed by atoms with E-state index in [0.29, 0.717) is 27.9 Å². The number of halogens is 3. The molecule has 1 aliphatic heterocycles. The second kappa shape index (κ2) is 9.21. The number of nitriles is 1. The predicted molar refractivity (Wildman–Crippen MR) is 105 cm³/mol. The molecule has 0 aliphatic carbocycles. The Balaban J connectivity index is 1.77. The minimum absolute atomic E-state index is 0.0632. The molecular formula is C21H20F3N5O3. The average Bonchev–Trinajstić information content (AvgIpc) is 3.08. The molecule has 2 amide bonds. The fraction of sp³-hybridized carbons (Fsp3) is 0.381. The summed E-state index contributed by atoms with van der Waals surface area (Å²) in [6, 6.07) is 4.61. The fourth-order valence-corrected chi connectivity index (χ4v) is 3.42. The smallest absolute Gasteiger partial charge is 0.422 e. The molecule has 168 valence electrons. The van der Waals surface area contributed by atoms with Crippen LogP contribution >= 0.6 is 0 Å². The Bertz CT molecular complexity index is 1080. The van der Waals surface area contributed by atoms with Crippen molar-refractivity contribution in [3.8, 4) is 11.9 Å². The van der Waals surface area contributed by atoms with Crippen molar-refractivity contribution in [3.05, 3.63) is 52.5 Å². The summed E-state index contributed by atoms with van der Waals surface area (Å²) in [5.41, 5.74) is 2.56. The van der Waals surface area contributed by atoms with Crippen LogP contribution in [0.15, 0.2) is 24.5 Å². The molecule has 0 aromatic carbocycles. The van der Waals surface area contributed by atoms with Gasteiger partial charge in [0.25, 0.3) is 5.91 Å². The average molecular weight is 447 g/mol. The van der Waals surface area contributed by atoms with Crippen molar-refractivity contribution < 1.29 is 27.5 Å². The molecule has 0 bridgehead atoms. The maximum absolute atomic E-state index is 13.0. The number of nitrogens with zero attached hydrogens (tertiary/aromatic N) is 4. The Hall–Kier alpha value is -3.68. The van der Waals surface area contributed by atoms with E-state index in [-0.39, 0.29) is 37.2 Å². The zero-order chi connectivity index (χ0) is 23.5. The van der Waals surface area contributed by atoms with Gasteiger partial charge in [0.15, 0.2) is 6.61 Å². The minimum Gasteiger partial charge on any atom is -0.468 e. The van der Waals surface area contributed by atoms with Crippen LogP contribution in [0.5, 0.6) is 5.88 Å². The van der Waals surface area contributed by atoms with Gasteiger partial charge in [-0.2, -0.15) is 18.4 Å². The van der Waals surface area contributed by atoms with Gasteiger partial charge in [0.2, 0.25) is 11.8 Å². The first kappa shape index (κ1) is 23.0. The van der Waals surface area contributed by atoms with Crippen molar-refractivity contribution >= 4 is 11.8 Å². The van der Waals surface area contributed by atoms with Crippen molar-refractivity contribution in [2.75, 3.05) is 13.2 Å². The third-order valence-corrected chi connectivity index (χ3v) is 5.03. The molecule has 0 saturated carbocycles. The number of amides is 2. The van der Waals surface area contributed by atoms with Gasteiger partial charge in [-0.25, -0.2) is 4.98 Å². The standard InChI is InChI=1S/C21H20F3N5O3/c1-12-7-14(9-28-19(12)32-11-21(22,23)24)13(2)29-10-16-15(20(29)31)3-5-26-17(16)8-18(30)27-6-4-25/h3,5,7,9,13H,6,8,10-11H2,1-2H3,(H,27,30). The summed E-state index contributed by atoms with van der Waals surface area (Å²) in [7, 11) is 0. The van der Waals surface area contributed by atoms with Gasteiger partial charge in [0.05, 0.1) is 24.2 Å². The molecule has 1 unspecified atom stereocenters.